The second-order valence-electron chi connectivity index (χ2n) is 10.7. The van der Waals surface area contributed by atoms with Crippen LogP contribution in [0.3, 0.4) is 0 Å². The van der Waals surface area contributed by atoms with Gasteiger partial charge in [-0.25, -0.2) is 9.97 Å². The lowest BCUT2D eigenvalue weighted by Gasteiger charge is -2.45. The number of amides is 2. The molecule has 1 aromatic carbocycles. The smallest absolute Gasteiger partial charge is 0.417 e. The first-order valence-electron chi connectivity index (χ1n) is 13.9. The lowest BCUT2D eigenvalue weighted by molar-refractivity contribution is -0.153. The molecule has 0 aliphatic carbocycles. The van der Waals surface area contributed by atoms with E-state index in [2.05, 4.69) is 19.9 Å². The highest BCUT2D eigenvalue weighted by Crippen LogP contribution is 2.36. The average Bonchev–Trinajstić information content (AvgIpc) is 3.40. The molecule has 2 aliphatic heterocycles. The molecule has 232 valence electrons. The van der Waals surface area contributed by atoms with Gasteiger partial charge in [-0.3, -0.25) is 14.6 Å². The molecule has 1 atom stereocenters. The number of aromatic nitrogens is 3. The average molecular weight is 647 g/mol. The summed E-state index contributed by atoms with van der Waals surface area (Å²) in [5.74, 6) is 0.0811. The zero-order chi connectivity index (χ0) is 30.2. The highest BCUT2D eigenvalue weighted by molar-refractivity contribution is 7.18. The highest BCUT2D eigenvalue weighted by Gasteiger charge is 2.49. The molecule has 14 heteroatoms. The van der Waals surface area contributed by atoms with E-state index in [4.69, 9.17) is 4.74 Å². The van der Waals surface area contributed by atoms with E-state index < -0.39 is 28.8 Å². The Bertz CT molecular complexity index is 1650. The van der Waals surface area contributed by atoms with Crippen LogP contribution in [0.25, 0.3) is 10.2 Å². The van der Waals surface area contributed by atoms with Crippen LogP contribution in [0.15, 0.2) is 61.1 Å². The Morgan fingerprint density at radius 3 is 2.52 bits per heavy atom. The molecule has 6 rings (SSSR count). The number of alkyl halides is 3. The molecule has 44 heavy (non-hydrogen) atoms. The number of likely N-dealkylation sites (tertiary alicyclic amines) is 1. The van der Waals surface area contributed by atoms with Crippen molar-refractivity contribution in [3.05, 3.63) is 77.2 Å². The number of aryl methyl sites for hydroxylation is 1. The number of ether oxygens (including phenoxy) is 1. The molecule has 0 radical (unpaired) electrons. The molecule has 2 fully saturated rings. The van der Waals surface area contributed by atoms with Gasteiger partial charge in [0.05, 0.1) is 32.9 Å². The van der Waals surface area contributed by atoms with Crippen molar-refractivity contribution in [2.24, 2.45) is 0 Å². The van der Waals surface area contributed by atoms with Gasteiger partial charge in [-0.15, -0.1) is 23.7 Å². The minimum atomic E-state index is -4.73. The third kappa shape index (κ3) is 6.29. The van der Waals surface area contributed by atoms with Gasteiger partial charge in [0.15, 0.2) is 0 Å². The third-order valence-corrected chi connectivity index (χ3v) is 8.76. The molecule has 2 aliphatic rings. The summed E-state index contributed by atoms with van der Waals surface area (Å²) in [6.07, 6.45) is -0.417. The topological polar surface area (TPSA) is 91.8 Å². The summed E-state index contributed by atoms with van der Waals surface area (Å²) in [5, 5.41) is 0.884. The molecule has 2 saturated heterocycles. The molecule has 9 nitrogen and oxygen atoms in total. The number of rotatable bonds is 5. The number of hydrogen-bond acceptors (Lipinski definition) is 8. The van der Waals surface area contributed by atoms with E-state index in [0.29, 0.717) is 44.8 Å². The maximum Gasteiger partial charge on any atom is 0.417 e. The molecule has 0 N–H and O–H groups in total. The number of hydrogen-bond donors (Lipinski definition) is 0. The monoisotopic (exact) mass is 646 g/mol. The number of benzene rings is 1. The minimum absolute atomic E-state index is 0. The zero-order valence-electron chi connectivity index (χ0n) is 23.8. The lowest BCUT2D eigenvalue weighted by Crippen LogP contribution is -2.64. The Morgan fingerprint density at radius 2 is 1.80 bits per heavy atom. The number of pyridine rings is 2. The third-order valence-electron chi connectivity index (χ3n) is 7.81. The number of halogens is 4. The van der Waals surface area contributed by atoms with E-state index in [1.807, 2.05) is 31.2 Å². The fraction of sp³-hybridized carbons (Fsp3) is 0.367. The second kappa shape index (κ2) is 12.6. The summed E-state index contributed by atoms with van der Waals surface area (Å²) in [5.41, 5.74) is -2.39. The Balaban J connectivity index is 0.00000384. The van der Waals surface area contributed by atoms with Crippen molar-refractivity contribution in [3.8, 4) is 5.75 Å². The number of piperazine rings is 1. The van der Waals surface area contributed by atoms with Gasteiger partial charge in [-0.05, 0) is 50.1 Å². The van der Waals surface area contributed by atoms with Gasteiger partial charge in [-0.1, -0.05) is 6.07 Å². The summed E-state index contributed by atoms with van der Waals surface area (Å²) in [6.45, 7) is 3.79. The van der Waals surface area contributed by atoms with Crippen LogP contribution in [0.2, 0.25) is 0 Å². The van der Waals surface area contributed by atoms with Crippen molar-refractivity contribution in [2.75, 3.05) is 44.2 Å². The van der Waals surface area contributed by atoms with Crippen LogP contribution < -0.4 is 9.64 Å². The van der Waals surface area contributed by atoms with Crippen LogP contribution >= 0.6 is 23.7 Å². The number of thiazole rings is 1. The fourth-order valence-electron chi connectivity index (χ4n) is 5.76. The standard InChI is InChI=1S/C30H29F3N6O3S.ClH/c1-20-36-24-17-21(6-7-25(24)43-20)42-29(28(41)38-15-13-37(14-16-38)26-5-2-3-10-35-26)9-4-12-39(19-29)27(40)22-18-34-11-8-23(22)30(31,32)33;/h2-3,5-8,10-11,17-18H,4,9,12-16,19H2,1H3;1H. The Morgan fingerprint density at radius 1 is 1.00 bits per heavy atom. The zero-order valence-corrected chi connectivity index (χ0v) is 25.4. The number of nitrogens with zero attached hydrogens (tertiary/aromatic N) is 6. The van der Waals surface area contributed by atoms with Gasteiger partial charge < -0.3 is 19.4 Å². The number of anilines is 1. The predicted octanol–water partition coefficient (Wildman–Crippen LogP) is 5.24. The van der Waals surface area contributed by atoms with E-state index in [0.717, 1.165) is 39.5 Å². The summed E-state index contributed by atoms with van der Waals surface area (Å²) >= 11 is 1.54. The molecular weight excluding hydrogens is 617 g/mol. The van der Waals surface area contributed by atoms with Crippen molar-refractivity contribution in [3.63, 3.8) is 0 Å². The van der Waals surface area contributed by atoms with Crippen molar-refractivity contribution < 1.29 is 27.5 Å². The number of carbonyl (C=O) groups excluding carboxylic acids is 2. The quantitative estimate of drug-likeness (QED) is 0.293. The van der Waals surface area contributed by atoms with Crippen LogP contribution in [-0.2, 0) is 11.0 Å². The predicted molar refractivity (Wildman–Crippen MR) is 162 cm³/mol. The Labute approximate surface area is 262 Å². The van der Waals surface area contributed by atoms with Crippen molar-refractivity contribution in [2.45, 2.75) is 31.5 Å². The van der Waals surface area contributed by atoms with E-state index in [-0.39, 0.29) is 31.4 Å². The van der Waals surface area contributed by atoms with Crippen LogP contribution in [0.1, 0.15) is 33.8 Å². The van der Waals surface area contributed by atoms with Crippen molar-refractivity contribution in [1.29, 1.82) is 0 Å². The first kappa shape index (κ1) is 31.5. The number of carbonyl (C=O) groups is 2. The number of fused-ring (bicyclic) bond motifs is 1. The van der Waals surface area contributed by atoms with Gasteiger partial charge in [-0.2, -0.15) is 13.2 Å². The maximum atomic E-state index is 14.3. The molecule has 1 unspecified atom stereocenters. The molecule has 4 aromatic rings. The molecule has 0 spiro atoms. The molecule has 2 amide bonds. The number of piperidine rings is 1. The van der Waals surface area contributed by atoms with Gasteiger partial charge in [0.1, 0.15) is 11.6 Å². The van der Waals surface area contributed by atoms with Crippen LogP contribution in [0.4, 0.5) is 19.0 Å². The van der Waals surface area contributed by atoms with E-state index >= 15 is 0 Å². The van der Waals surface area contributed by atoms with E-state index in [1.54, 1.807) is 23.2 Å². The first-order valence-corrected chi connectivity index (χ1v) is 14.8. The van der Waals surface area contributed by atoms with Crippen LogP contribution in [0.5, 0.6) is 5.75 Å². The van der Waals surface area contributed by atoms with Crippen molar-refractivity contribution >= 4 is 51.6 Å². The summed E-state index contributed by atoms with van der Waals surface area (Å²) in [7, 11) is 0. The highest BCUT2D eigenvalue weighted by atomic mass is 35.5. The van der Waals surface area contributed by atoms with Gasteiger partial charge in [0.2, 0.25) is 5.60 Å². The normalized spacial score (nSPS) is 19.0. The summed E-state index contributed by atoms with van der Waals surface area (Å²) in [4.78, 5) is 45.7. The molecule has 5 heterocycles. The largest absolute Gasteiger partial charge is 0.475 e. The SMILES string of the molecule is Cc1nc2cc(OC3(C(=O)N4CCN(c5ccccn5)CC4)CCCN(C(=O)c4cnccc4C(F)(F)F)C3)ccc2s1.Cl. The van der Waals surface area contributed by atoms with E-state index in [9.17, 15) is 22.8 Å². The van der Waals surface area contributed by atoms with E-state index in [1.165, 1.54) is 16.2 Å². The summed E-state index contributed by atoms with van der Waals surface area (Å²) in [6, 6.07) is 11.8. The molecule has 3 aromatic heterocycles. The van der Waals surface area contributed by atoms with Crippen LogP contribution in [-0.4, -0.2) is 81.4 Å². The second-order valence-corrected chi connectivity index (χ2v) is 11.9. The molecule has 0 saturated carbocycles. The maximum absolute atomic E-state index is 14.3. The van der Waals surface area contributed by atoms with Crippen LogP contribution in [0, 0.1) is 6.92 Å². The minimum Gasteiger partial charge on any atom is -0.475 e. The Kier molecular flexibility index (Phi) is 8.98. The van der Waals surface area contributed by atoms with Gasteiger partial charge >= 0.3 is 6.18 Å². The van der Waals surface area contributed by atoms with Gasteiger partial charge in [0, 0.05) is 57.4 Å². The fourth-order valence-corrected chi connectivity index (χ4v) is 6.57. The summed E-state index contributed by atoms with van der Waals surface area (Å²) < 4.78 is 48.8. The van der Waals surface area contributed by atoms with Gasteiger partial charge in [0.25, 0.3) is 11.8 Å². The molecule has 0 bridgehead atoms. The lowest BCUT2D eigenvalue weighted by atomic mass is 9.89. The first-order chi connectivity index (χ1) is 20.6. The Hall–Kier alpha value is -3.97. The molecular formula is C30H30ClF3N6O3S. The van der Waals surface area contributed by atoms with Crippen molar-refractivity contribution in [1.82, 2.24) is 24.8 Å².